The van der Waals surface area contributed by atoms with Gasteiger partial charge in [0.15, 0.2) is 0 Å². The summed E-state index contributed by atoms with van der Waals surface area (Å²) in [6.07, 6.45) is 1.49. The lowest BCUT2D eigenvalue weighted by Gasteiger charge is -2.05. The number of hydrogen-bond donors (Lipinski definition) is 1. The van der Waals surface area contributed by atoms with Crippen molar-refractivity contribution in [3.05, 3.63) is 61.9 Å². The van der Waals surface area contributed by atoms with E-state index in [4.69, 9.17) is 9.47 Å². The molecule has 0 spiro atoms. The van der Waals surface area contributed by atoms with Gasteiger partial charge in [0.1, 0.15) is 26.5 Å². The minimum atomic E-state index is -0.549. The molecule has 0 atom stereocenters. The van der Waals surface area contributed by atoms with Gasteiger partial charge < -0.3 is 14.8 Å². The highest BCUT2D eigenvalue weighted by atomic mass is 32.1. The highest BCUT2D eigenvalue weighted by Gasteiger charge is 2.26. The second-order valence-electron chi connectivity index (χ2n) is 7.35. The van der Waals surface area contributed by atoms with Crippen molar-refractivity contribution in [2.75, 3.05) is 18.5 Å². The van der Waals surface area contributed by atoms with Gasteiger partial charge in [-0.25, -0.2) is 14.6 Å². The van der Waals surface area contributed by atoms with Crippen LogP contribution >= 0.6 is 22.7 Å². The summed E-state index contributed by atoms with van der Waals surface area (Å²) in [4.78, 5) is 29.8. The molecule has 2 aromatic heterocycles. The number of esters is 2. The maximum atomic E-state index is 12.6. The van der Waals surface area contributed by atoms with E-state index in [0.29, 0.717) is 26.0 Å². The minimum absolute atomic E-state index is 0.196. The number of thiazole rings is 1. The number of nitrogens with zero attached hydrogens (tertiary/aromatic N) is 2. The summed E-state index contributed by atoms with van der Waals surface area (Å²) < 4.78 is 10.3. The number of hydrogen-bond acceptors (Lipinski definition) is 9. The van der Waals surface area contributed by atoms with Crippen LogP contribution in [0.5, 0.6) is 0 Å². The zero-order valence-electron chi connectivity index (χ0n) is 19.6. The summed E-state index contributed by atoms with van der Waals surface area (Å²) >= 11 is 2.44. The number of anilines is 1. The van der Waals surface area contributed by atoms with Crippen molar-refractivity contribution in [3.8, 4) is 17.3 Å². The van der Waals surface area contributed by atoms with Gasteiger partial charge in [-0.15, -0.1) is 22.7 Å². The summed E-state index contributed by atoms with van der Waals surface area (Å²) in [5, 5.41) is 15.6. The van der Waals surface area contributed by atoms with Crippen molar-refractivity contribution in [2.45, 2.75) is 34.6 Å². The summed E-state index contributed by atoms with van der Waals surface area (Å²) in [6, 6.07) is 8.28. The van der Waals surface area contributed by atoms with E-state index in [9.17, 15) is 14.9 Å². The first kappa shape index (κ1) is 25.1. The van der Waals surface area contributed by atoms with Crippen LogP contribution in [0.25, 0.3) is 16.8 Å². The van der Waals surface area contributed by atoms with Crippen molar-refractivity contribution in [3.63, 3.8) is 0 Å². The van der Waals surface area contributed by atoms with Crippen LogP contribution in [0, 0.1) is 32.1 Å². The Balaban J connectivity index is 1.94. The lowest BCUT2D eigenvalue weighted by atomic mass is 10.1. The number of carbonyl (C=O) groups is 2. The Morgan fingerprint density at radius 2 is 1.82 bits per heavy atom. The van der Waals surface area contributed by atoms with Crippen molar-refractivity contribution >= 4 is 45.2 Å². The molecule has 0 saturated carbocycles. The van der Waals surface area contributed by atoms with Crippen LogP contribution in [-0.4, -0.2) is 30.1 Å². The number of thiophene rings is 1. The van der Waals surface area contributed by atoms with Crippen molar-refractivity contribution < 1.29 is 19.1 Å². The molecule has 0 unspecified atom stereocenters. The Bertz CT molecular complexity index is 1300. The SMILES string of the molecule is CCOC(=O)c1sc(N/C=C(/C#N)c2nc(-c3ccc(C)c(C)c3)cs2)c(C(=O)OCC)c1C. The summed E-state index contributed by atoms with van der Waals surface area (Å²) in [7, 11) is 0. The van der Waals surface area contributed by atoms with E-state index in [1.165, 1.54) is 28.7 Å². The lowest BCUT2D eigenvalue weighted by Crippen LogP contribution is -2.09. The zero-order valence-corrected chi connectivity index (χ0v) is 21.3. The van der Waals surface area contributed by atoms with Crippen molar-refractivity contribution in [2.24, 2.45) is 0 Å². The van der Waals surface area contributed by atoms with E-state index in [-0.39, 0.29) is 18.8 Å². The fraction of sp³-hybridized carbons (Fsp3) is 0.280. The number of aryl methyl sites for hydroxylation is 2. The second kappa shape index (κ2) is 11.1. The zero-order chi connectivity index (χ0) is 24.8. The molecule has 1 N–H and O–H groups in total. The van der Waals surface area contributed by atoms with Crippen LogP contribution in [-0.2, 0) is 9.47 Å². The Morgan fingerprint density at radius 1 is 1.12 bits per heavy atom. The number of allylic oxidation sites excluding steroid dienone is 1. The van der Waals surface area contributed by atoms with Crippen LogP contribution in [0.1, 0.15) is 55.6 Å². The fourth-order valence-corrected chi connectivity index (χ4v) is 5.02. The molecule has 0 aliphatic heterocycles. The summed E-state index contributed by atoms with van der Waals surface area (Å²) in [5.74, 6) is -1.06. The molecule has 1 aromatic carbocycles. The highest BCUT2D eigenvalue weighted by Crippen LogP contribution is 2.35. The predicted molar refractivity (Wildman–Crippen MR) is 135 cm³/mol. The van der Waals surface area contributed by atoms with Crippen LogP contribution in [0.15, 0.2) is 29.8 Å². The molecule has 176 valence electrons. The number of nitriles is 1. The monoisotopic (exact) mass is 495 g/mol. The Kier molecular flexibility index (Phi) is 8.21. The van der Waals surface area contributed by atoms with Gasteiger partial charge in [0.05, 0.1) is 24.5 Å². The lowest BCUT2D eigenvalue weighted by molar-refractivity contribution is 0.0527. The van der Waals surface area contributed by atoms with Gasteiger partial charge in [0.25, 0.3) is 0 Å². The van der Waals surface area contributed by atoms with E-state index < -0.39 is 11.9 Å². The van der Waals surface area contributed by atoms with Gasteiger partial charge in [-0.3, -0.25) is 0 Å². The van der Waals surface area contributed by atoms with Gasteiger partial charge in [0.2, 0.25) is 0 Å². The van der Waals surface area contributed by atoms with Gasteiger partial charge in [-0.2, -0.15) is 5.26 Å². The molecule has 3 rings (SSSR count). The molecule has 7 nitrogen and oxygen atoms in total. The molecule has 9 heteroatoms. The Hall–Kier alpha value is -3.48. The normalized spacial score (nSPS) is 11.1. The summed E-state index contributed by atoms with van der Waals surface area (Å²) in [5.41, 5.74) is 5.16. The van der Waals surface area contributed by atoms with E-state index >= 15 is 0 Å². The van der Waals surface area contributed by atoms with Gasteiger partial charge in [-0.05, 0) is 57.4 Å². The molecule has 0 amide bonds. The molecule has 34 heavy (non-hydrogen) atoms. The largest absolute Gasteiger partial charge is 0.462 e. The molecule has 0 fully saturated rings. The van der Waals surface area contributed by atoms with Crippen molar-refractivity contribution in [1.29, 1.82) is 5.26 Å². The Morgan fingerprint density at radius 3 is 2.47 bits per heavy atom. The standard InChI is InChI=1S/C25H25N3O4S2/c1-6-31-24(29)20-16(5)21(25(30)32-7-2)34-23(20)27-12-18(11-26)22-28-19(13-33-22)17-9-8-14(3)15(4)10-17/h8-10,12-13,27H,6-7H2,1-5H3/b18-12-. The molecule has 0 radical (unpaired) electrons. The molecular formula is C25H25N3O4S2. The second-order valence-corrected chi connectivity index (χ2v) is 9.23. The number of aromatic nitrogens is 1. The first-order valence-electron chi connectivity index (χ1n) is 10.7. The Labute approximate surface area is 206 Å². The van der Waals surface area contributed by atoms with Gasteiger partial charge >= 0.3 is 11.9 Å². The van der Waals surface area contributed by atoms with Crippen LogP contribution < -0.4 is 5.32 Å². The van der Waals surface area contributed by atoms with Crippen molar-refractivity contribution in [1.82, 2.24) is 4.98 Å². The topological polar surface area (TPSA) is 101 Å². The molecule has 0 bridgehead atoms. The third-order valence-corrected chi connectivity index (χ3v) is 7.17. The van der Waals surface area contributed by atoms with E-state index in [1.54, 1.807) is 20.8 Å². The predicted octanol–water partition coefficient (Wildman–Crippen LogP) is 6.13. The molecule has 0 aliphatic carbocycles. The van der Waals surface area contributed by atoms with Gasteiger partial charge in [0, 0.05) is 17.1 Å². The fourth-order valence-electron chi connectivity index (χ4n) is 3.17. The number of ether oxygens (including phenoxy) is 2. The first-order valence-corrected chi connectivity index (χ1v) is 12.4. The molecular weight excluding hydrogens is 470 g/mol. The summed E-state index contributed by atoms with van der Waals surface area (Å²) in [6.45, 7) is 9.62. The van der Waals surface area contributed by atoms with Gasteiger partial charge in [-0.1, -0.05) is 12.1 Å². The number of nitrogens with one attached hydrogen (secondary N) is 1. The average molecular weight is 496 g/mol. The molecule has 3 aromatic rings. The molecule has 0 saturated heterocycles. The van der Waals surface area contributed by atoms with E-state index in [0.717, 1.165) is 22.6 Å². The highest BCUT2D eigenvalue weighted by molar-refractivity contribution is 7.18. The quantitative estimate of drug-likeness (QED) is 0.296. The third-order valence-electron chi connectivity index (χ3n) is 5.09. The van der Waals surface area contributed by atoms with Crippen LogP contribution in [0.2, 0.25) is 0 Å². The smallest absolute Gasteiger partial charge is 0.348 e. The van der Waals surface area contributed by atoms with E-state index in [1.807, 2.05) is 24.4 Å². The molecule has 0 aliphatic rings. The third kappa shape index (κ3) is 5.35. The van der Waals surface area contributed by atoms with E-state index in [2.05, 4.69) is 29.4 Å². The maximum absolute atomic E-state index is 12.6. The number of benzene rings is 1. The average Bonchev–Trinajstić information content (AvgIpc) is 3.41. The maximum Gasteiger partial charge on any atom is 0.348 e. The first-order chi connectivity index (χ1) is 16.3. The molecule has 2 heterocycles. The number of carbonyl (C=O) groups excluding carboxylic acids is 2. The van der Waals surface area contributed by atoms with Crippen LogP contribution in [0.3, 0.4) is 0 Å². The minimum Gasteiger partial charge on any atom is -0.462 e. The van der Waals surface area contributed by atoms with Crippen LogP contribution in [0.4, 0.5) is 5.00 Å². The number of rotatable bonds is 8.